The standard InChI is InChI=1S/C28H37N5O3/c1-4-23(25-19(3)31-33-16-10-18(2)30-27(25)33)21-5-7-22(8-6-21)36-17-20-11-14-32(15-12-20)28(35)26-24(34)9-13-29-26/h5-8,10,16,20,23-24,26,29,34H,4,9,11-15,17H2,1-3H3/t23?,24-,26+/m1/s1. The summed E-state index contributed by atoms with van der Waals surface area (Å²) in [7, 11) is 0. The number of hydrogen-bond acceptors (Lipinski definition) is 6. The lowest BCUT2D eigenvalue weighted by atomic mass is 9.89. The van der Waals surface area contributed by atoms with Crippen molar-refractivity contribution in [3.8, 4) is 5.75 Å². The number of amides is 1. The van der Waals surface area contributed by atoms with Crippen LogP contribution in [0.1, 0.15) is 61.0 Å². The zero-order chi connectivity index (χ0) is 25.2. The monoisotopic (exact) mass is 491 g/mol. The van der Waals surface area contributed by atoms with Crippen LogP contribution in [0.3, 0.4) is 0 Å². The molecule has 8 nitrogen and oxygen atoms in total. The molecular weight excluding hydrogens is 454 g/mol. The van der Waals surface area contributed by atoms with Gasteiger partial charge in [-0.25, -0.2) is 9.50 Å². The molecule has 36 heavy (non-hydrogen) atoms. The number of carbonyl (C=O) groups excluding carboxylic acids is 1. The van der Waals surface area contributed by atoms with Gasteiger partial charge in [0.1, 0.15) is 11.8 Å². The van der Waals surface area contributed by atoms with Gasteiger partial charge < -0.3 is 20.1 Å². The Bertz CT molecular complexity index is 1200. The van der Waals surface area contributed by atoms with Crippen LogP contribution < -0.4 is 10.1 Å². The van der Waals surface area contributed by atoms with Gasteiger partial charge in [-0.2, -0.15) is 5.10 Å². The number of carbonyl (C=O) groups is 1. The molecule has 0 spiro atoms. The summed E-state index contributed by atoms with van der Waals surface area (Å²) in [5, 5.41) is 17.8. The molecule has 2 aliphatic rings. The summed E-state index contributed by atoms with van der Waals surface area (Å²) in [4.78, 5) is 19.3. The third kappa shape index (κ3) is 4.97. The number of piperidine rings is 1. The van der Waals surface area contributed by atoms with Crippen molar-refractivity contribution in [2.75, 3.05) is 26.2 Å². The average Bonchev–Trinajstić information content (AvgIpc) is 3.46. The first-order chi connectivity index (χ1) is 17.4. The highest BCUT2D eigenvalue weighted by molar-refractivity contribution is 5.83. The van der Waals surface area contributed by atoms with Crippen LogP contribution in [0.5, 0.6) is 5.75 Å². The van der Waals surface area contributed by atoms with Gasteiger partial charge in [0.05, 0.1) is 18.4 Å². The molecule has 3 atom stereocenters. The minimum Gasteiger partial charge on any atom is -0.493 e. The van der Waals surface area contributed by atoms with Crippen LogP contribution in [0.4, 0.5) is 0 Å². The molecule has 4 heterocycles. The van der Waals surface area contributed by atoms with E-state index in [0.29, 0.717) is 25.5 Å². The molecule has 0 radical (unpaired) electrons. The highest BCUT2D eigenvalue weighted by Crippen LogP contribution is 2.33. The molecular formula is C28H37N5O3. The average molecular weight is 492 g/mol. The van der Waals surface area contributed by atoms with Crippen LogP contribution >= 0.6 is 0 Å². The summed E-state index contributed by atoms with van der Waals surface area (Å²) in [5.74, 6) is 1.55. The van der Waals surface area contributed by atoms with Crippen LogP contribution in [0.2, 0.25) is 0 Å². The molecule has 192 valence electrons. The van der Waals surface area contributed by atoms with E-state index in [2.05, 4.69) is 48.5 Å². The van der Waals surface area contributed by atoms with Crippen LogP contribution in [-0.4, -0.2) is 68.9 Å². The number of fused-ring (bicyclic) bond motifs is 1. The van der Waals surface area contributed by atoms with Crippen molar-refractivity contribution in [1.82, 2.24) is 24.8 Å². The first-order valence-electron chi connectivity index (χ1n) is 13.2. The number of aryl methyl sites for hydroxylation is 2. The number of likely N-dealkylation sites (tertiary alicyclic amines) is 1. The molecule has 5 rings (SSSR count). The van der Waals surface area contributed by atoms with Crippen molar-refractivity contribution >= 4 is 11.6 Å². The summed E-state index contributed by atoms with van der Waals surface area (Å²) in [5.41, 5.74) is 5.37. The van der Waals surface area contributed by atoms with Gasteiger partial charge in [0.15, 0.2) is 5.65 Å². The van der Waals surface area contributed by atoms with E-state index in [4.69, 9.17) is 9.72 Å². The van der Waals surface area contributed by atoms with E-state index in [0.717, 1.165) is 55.1 Å². The molecule has 3 aromatic rings. The quantitative estimate of drug-likeness (QED) is 0.527. The molecule has 1 unspecified atom stereocenters. The first-order valence-corrected chi connectivity index (χ1v) is 13.2. The number of nitrogens with one attached hydrogen (secondary N) is 1. The van der Waals surface area contributed by atoms with Gasteiger partial charge in [0.2, 0.25) is 5.91 Å². The first kappa shape index (κ1) is 24.7. The Labute approximate surface area is 212 Å². The molecule has 1 aromatic carbocycles. The normalized spacial score (nSPS) is 21.7. The summed E-state index contributed by atoms with van der Waals surface area (Å²) in [6, 6.07) is 9.97. The number of aliphatic hydroxyl groups is 1. The second kappa shape index (κ2) is 10.6. The Hall–Kier alpha value is -2.97. The number of nitrogens with zero attached hydrogens (tertiary/aromatic N) is 4. The molecule has 2 N–H and O–H groups in total. The molecule has 2 aliphatic heterocycles. The van der Waals surface area contributed by atoms with Gasteiger partial charge >= 0.3 is 0 Å². The largest absolute Gasteiger partial charge is 0.493 e. The number of benzene rings is 1. The molecule has 8 heteroatoms. The lowest BCUT2D eigenvalue weighted by Gasteiger charge is -2.34. The summed E-state index contributed by atoms with van der Waals surface area (Å²) in [6.45, 7) is 9.08. The molecule has 2 aromatic heterocycles. The maximum Gasteiger partial charge on any atom is 0.242 e. The summed E-state index contributed by atoms with van der Waals surface area (Å²) < 4.78 is 8.02. The maximum absolute atomic E-state index is 12.7. The smallest absolute Gasteiger partial charge is 0.242 e. The summed E-state index contributed by atoms with van der Waals surface area (Å²) >= 11 is 0. The summed E-state index contributed by atoms with van der Waals surface area (Å²) in [6.07, 6.45) is 4.87. The van der Waals surface area contributed by atoms with E-state index < -0.39 is 12.1 Å². The molecule has 0 aliphatic carbocycles. The highest BCUT2D eigenvalue weighted by atomic mass is 16.5. The fourth-order valence-electron chi connectivity index (χ4n) is 5.63. The number of aliphatic hydroxyl groups excluding tert-OH is 1. The van der Waals surface area contributed by atoms with Crippen LogP contribution in [0.25, 0.3) is 5.65 Å². The van der Waals surface area contributed by atoms with Crippen LogP contribution in [-0.2, 0) is 4.79 Å². The maximum atomic E-state index is 12.7. The molecule has 2 fully saturated rings. The fourth-order valence-corrected chi connectivity index (χ4v) is 5.63. The van der Waals surface area contributed by atoms with Crippen LogP contribution in [0.15, 0.2) is 36.5 Å². The molecule has 2 saturated heterocycles. The van der Waals surface area contributed by atoms with Gasteiger partial charge in [-0.3, -0.25) is 4.79 Å². The van der Waals surface area contributed by atoms with E-state index in [1.165, 1.54) is 11.1 Å². The minimum absolute atomic E-state index is 0.0345. The predicted molar refractivity (Wildman–Crippen MR) is 138 cm³/mol. The third-order valence-corrected chi connectivity index (χ3v) is 7.75. The number of rotatable bonds is 7. The Morgan fingerprint density at radius 3 is 2.58 bits per heavy atom. The third-order valence-electron chi connectivity index (χ3n) is 7.75. The lowest BCUT2D eigenvalue weighted by molar-refractivity contribution is -0.136. The Balaban J connectivity index is 1.18. The van der Waals surface area contributed by atoms with Crippen molar-refractivity contribution in [1.29, 1.82) is 0 Å². The Kier molecular flexibility index (Phi) is 7.25. The van der Waals surface area contributed by atoms with Gasteiger partial charge in [-0.1, -0.05) is 19.1 Å². The van der Waals surface area contributed by atoms with Gasteiger partial charge in [0, 0.05) is 36.5 Å². The van der Waals surface area contributed by atoms with E-state index >= 15 is 0 Å². The van der Waals surface area contributed by atoms with Gasteiger partial charge in [-0.05, 0) is 75.8 Å². The molecule has 0 saturated carbocycles. The van der Waals surface area contributed by atoms with Crippen molar-refractivity contribution in [2.24, 2.45) is 5.92 Å². The molecule has 1 amide bonds. The van der Waals surface area contributed by atoms with Crippen molar-refractivity contribution < 1.29 is 14.6 Å². The van der Waals surface area contributed by atoms with Crippen molar-refractivity contribution in [2.45, 2.75) is 64.5 Å². The Morgan fingerprint density at radius 2 is 1.92 bits per heavy atom. The zero-order valence-electron chi connectivity index (χ0n) is 21.5. The van der Waals surface area contributed by atoms with Crippen LogP contribution in [0, 0.1) is 19.8 Å². The molecule has 0 bridgehead atoms. The Morgan fingerprint density at radius 1 is 1.17 bits per heavy atom. The number of hydrogen-bond donors (Lipinski definition) is 2. The van der Waals surface area contributed by atoms with Gasteiger partial charge in [-0.15, -0.1) is 0 Å². The predicted octanol–water partition coefficient (Wildman–Crippen LogP) is 3.23. The van der Waals surface area contributed by atoms with Crippen molar-refractivity contribution in [3.05, 3.63) is 59.0 Å². The second-order valence-electron chi connectivity index (χ2n) is 10.2. The lowest BCUT2D eigenvalue weighted by Crippen LogP contribution is -2.50. The number of aromatic nitrogens is 3. The van der Waals surface area contributed by atoms with Gasteiger partial charge in [0.25, 0.3) is 0 Å². The SMILES string of the molecule is CCC(c1ccc(OCC2CCN(C(=O)[C@H]3NCC[C@H]3O)CC2)cc1)c1c(C)nn2ccc(C)nc12. The highest BCUT2D eigenvalue weighted by Gasteiger charge is 2.35. The second-order valence-corrected chi connectivity index (χ2v) is 10.2. The van der Waals surface area contributed by atoms with E-state index in [-0.39, 0.29) is 11.8 Å². The van der Waals surface area contributed by atoms with E-state index in [9.17, 15) is 9.90 Å². The number of ether oxygens (including phenoxy) is 1. The van der Waals surface area contributed by atoms with E-state index in [1.807, 2.05) is 28.6 Å². The van der Waals surface area contributed by atoms with Crippen molar-refractivity contribution in [3.63, 3.8) is 0 Å². The topological polar surface area (TPSA) is 92.0 Å². The minimum atomic E-state index is -0.564. The van der Waals surface area contributed by atoms with E-state index in [1.54, 1.807) is 0 Å². The fraction of sp³-hybridized carbons (Fsp3) is 0.536. The zero-order valence-corrected chi connectivity index (χ0v) is 21.5.